The number of anilines is 1. The Morgan fingerprint density at radius 2 is 2.19 bits per heavy atom. The number of benzene rings is 1. The van der Waals surface area contributed by atoms with E-state index in [0.717, 1.165) is 15.3 Å². The van der Waals surface area contributed by atoms with Gasteiger partial charge in [-0.2, -0.15) is 5.10 Å². The van der Waals surface area contributed by atoms with Gasteiger partial charge in [0.1, 0.15) is 23.3 Å². The van der Waals surface area contributed by atoms with Crippen molar-refractivity contribution in [3.63, 3.8) is 0 Å². The Kier molecular flexibility index (Phi) is 6.12. The Hall–Kier alpha value is -2.69. The van der Waals surface area contributed by atoms with Crippen molar-refractivity contribution < 1.29 is 4.79 Å². The van der Waals surface area contributed by atoms with Crippen molar-refractivity contribution in [3.05, 3.63) is 62.5 Å². The molecule has 0 fully saturated rings. The van der Waals surface area contributed by atoms with Crippen LogP contribution in [0.3, 0.4) is 0 Å². The fourth-order valence-electron chi connectivity index (χ4n) is 3.02. The summed E-state index contributed by atoms with van der Waals surface area (Å²) in [4.78, 5) is 38.4. The van der Waals surface area contributed by atoms with Crippen molar-refractivity contribution in [2.45, 2.75) is 31.8 Å². The molecule has 0 radical (unpaired) electrons. The summed E-state index contributed by atoms with van der Waals surface area (Å²) in [6, 6.07) is 5.15. The van der Waals surface area contributed by atoms with E-state index in [1.807, 2.05) is 13.8 Å². The lowest BCUT2D eigenvalue weighted by Gasteiger charge is -2.15. The van der Waals surface area contributed by atoms with E-state index in [2.05, 4.69) is 25.4 Å². The quantitative estimate of drug-likeness (QED) is 0.436. The molecule has 31 heavy (non-hydrogen) atoms. The van der Waals surface area contributed by atoms with Crippen LogP contribution in [0.25, 0.3) is 15.9 Å². The van der Waals surface area contributed by atoms with Gasteiger partial charge in [0, 0.05) is 9.90 Å². The highest BCUT2D eigenvalue weighted by Gasteiger charge is 2.18. The van der Waals surface area contributed by atoms with Gasteiger partial charge in [-0.3, -0.25) is 9.59 Å². The van der Waals surface area contributed by atoms with Gasteiger partial charge in [0.15, 0.2) is 0 Å². The van der Waals surface area contributed by atoms with Crippen LogP contribution in [0.5, 0.6) is 0 Å². The van der Waals surface area contributed by atoms with Crippen molar-refractivity contribution in [1.82, 2.24) is 24.7 Å². The predicted octanol–water partition coefficient (Wildman–Crippen LogP) is 4.10. The normalized spacial score (nSPS) is 12.3. The number of carbonyl (C=O) groups excluding carboxylic acids is 1. The molecule has 160 valence electrons. The summed E-state index contributed by atoms with van der Waals surface area (Å²) in [7, 11) is 0. The second-order valence-corrected chi connectivity index (χ2v) is 9.89. The highest BCUT2D eigenvalue weighted by atomic mass is 35.5. The van der Waals surface area contributed by atoms with Crippen LogP contribution in [0.15, 0.2) is 35.6 Å². The Labute approximate surface area is 191 Å². The molecular formula is C20H19ClN6O2S2. The fourth-order valence-corrected chi connectivity index (χ4v) is 5.00. The minimum Gasteiger partial charge on any atom is -0.323 e. The zero-order chi connectivity index (χ0) is 22.1. The molecular weight excluding hydrogens is 456 g/mol. The molecule has 4 rings (SSSR count). The van der Waals surface area contributed by atoms with Crippen molar-refractivity contribution in [1.29, 1.82) is 0 Å². The number of thiophene rings is 1. The molecule has 8 nitrogen and oxygen atoms in total. The molecule has 0 saturated carbocycles. The van der Waals surface area contributed by atoms with Gasteiger partial charge in [0.05, 0.1) is 27.8 Å². The number of nitrogens with zero attached hydrogens (tertiary/aromatic N) is 4. The molecule has 1 atom stereocenters. The maximum absolute atomic E-state index is 12.8. The van der Waals surface area contributed by atoms with Crippen molar-refractivity contribution in [3.8, 4) is 5.69 Å². The number of fused-ring (bicyclic) bond motifs is 1. The molecule has 0 aliphatic carbocycles. The molecule has 0 bridgehead atoms. The summed E-state index contributed by atoms with van der Waals surface area (Å²) < 4.78 is 1.55. The lowest BCUT2D eigenvalue weighted by Crippen LogP contribution is -2.24. The number of carbonyl (C=O) groups is 1. The summed E-state index contributed by atoms with van der Waals surface area (Å²) in [6.45, 7) is 5.70. The first-order chi connectivity index (χ1) is 14.8. The zero-order valence-corrected chi connectivity index (χ0v) is 19.4. The molecule has 1 aromatic carbocycles. The van der Waals surface area contributed by atoms with Gasteiger partial charge >= 0.3 is 0 Å². The molecule has 0 saturated heterocycles. The van der Waals surface area contributed by atoms with Crippen LogP contribution in [0.4, 0.5) is 5.69 Å². The standard InChI is InChI=1S/C20H19ClN6O2S2/c1-10-11(2)31-20-17(10)19(29)25-16(26-20)7-30-12(3)18(28)24-14-6-13(21)4-5-15(14)27-9-22-8-23-27/h4-6,8-9,12H,7H2,1-3H3,(H,24,28)(H,25,26,29). The second kappa shape index (κ2) is 8.81. The molecule has 0 aliphatic rings. The molecule has 1 amide bonds. The third kappa shape index (κ3) is 4.51. The molecule has 3 heterocycles. The van der Waals surface area contributed by atoms with Crippen molar-refractivity contribution in [2.24, 2.45) is 0 Å². The van der Waals surface area contributed by atoms with Crippen LogP contribution in [-0.4, -0.2) is 35.9 Å². The summed E-state index contributed by atoms with van der Waals surface area (Å²) in [5.74, 6) is 0.760. The molecule has 1 unspecified atom stereocenters. The number of rotatable bonds is 6. The number of amides is 1. The molecule has 0 spiro atoms. The minimum absolute atomic E-state index is 0.143. The molecule has 4 aromatic rings. The second-order valence-electron chi connectivity index (χ2n) is 6.92. The average Bonchev–Trinajstić information content (AvgIpc) is 3.35. The van der Waals surface area contributed by atoms with E-state index in [4.69, 9.17) is 11.6 Å². The van der Waals surface area contributed by atoms with Crippen LogP contribution >= 0.6 is 34.7 Å². The summed E-state index contributed by atoms with van der Waals surface area (Å²) in [5, 5.41) is 7.76. The van der Waals surface area contributed by atoms with E-state index in [0.29, 0.717) is 33.4 Å². The van der Waals surface area contributed by atoms with Gasteiger partial charge in [-0.25, -0.2) is 14.6 Å². The first-order valence-corrected chi connectivity index (χ1v) is 11.6. The van der Waals surface area contributed by atoms with Crippen LogP contribution in [-0.2, 0) is 10.5 Å². The molecule has 0 aliphatic heterocycles. The molecule has 11 heteroatoms. The third-order valence-electron chi connectivity index (χ3n) is 4.81. The molecule has 3 aromatic heterocycles. The molecule has 2 N–H and O–H groups in total. The maximum atomic E-state index is 12.8. The van der Waals surface area contributed by atoms with Crippen molar-refractivity contribution in [2.75, 3.05) is 5.32 Å². The number of H-pyrrole nitrogens is 1. The van der Waals surface area contributed by atoms with Gasteiger partial charge in [0.2, 0.25) is 5.91 Å². The van der Waals surface area contributed by atoms with Gasteiger partial charge in [-0.05, 0) is 44.5 Å². The van der Waals surface area contributed by atoms with E-state index in [9.17, 15) is 9.59 Å². The number of nitrogens with one attached hydrogen (secondary N) is 2. The van der Waals surface area contributed by atoms with Crippen LogP contribution in [0.1, 0.15) is 23.2 Å². The van der Waals surface area contributed by atoms with E-state index in [1.54, 1.807) is 36.1 Å². The Bertz CT molecular complexity index is 1320. The summed E-state index contributed by atoms with van der Waals surface area (Å²) >= 11 is 9.01. The number of hydrogen-bond acceptors (Lipinski definition) is 7. The summed E-state index contributed by atoms with van der Waals surface area (Å²) in [6.07, 6.45) is 2.96. The Morgan fingerprint density at radius 3 is 2.94 bits per heavy atom. The summed E-state index contributed by atoms with van der Waals surface area (Å²) in [5.41, 5.74) is 2.02. The van der Waals surface area contributed by atoms with Gasteiger partial charge in [0.25, 0.3) is 5.56 Å². The number of aromatic nitrogens is 5. The van der Waals surface area contributed by atoms with Crippen LogP contribution in [0.2, 0.25) is 5.02 Å². The monoisotopic (exact) mass is 474 g/mol. The van der Waals surface area contributed by atoms with Crippen LogP contribution in [0, 0.1) is 13.8 Å². The van der Waals surface area contributed by atoms with Crippen molar-refractivity contribution >= 4 is 56.5 Å². The first kappa shape index (κ1) is 21.5. The average molecular weight is 475 g/mol. The SMILES string of the molecule is Cc1sc2nc(CSC(C)C(=O)Nc3cc(Cl)ccc3-n3cncn3)[nH]c(=O)c2c1C. The van der Waals surface area contributed by atoms with E-state index < -0.39 is 5.25 Å². The Balaban J connectivity index is 1.47. The van der Waals surface area contributed by atoms with E-state index in [1.165, 1.54) is 29.4 Å². The smallest absolute Gasteiger partial charge is 0.259 e. The van der Waals surface area contributed by atoms with Crippen LogP contribution < -0.4 is 10.9 Å². The topological polar surface area (TPSA) is 106 Å². The van der Waals surface area contributed by atoms with E-state index >= 15 is 0 Å². The predicted molar refractivity (Wildman–Crippen MR) is 125 cm³/mol. The highest BCUT2D eigenvalue weighted by Crippen LogP contribution is 2.28. The zero-order valence-electron chi connectivity index (χ0n) is 17.0. The van der Waals surface area contributed by atoms with Gasteiger partial charge in [-0.15, -0.1) is 23.1 Å². The first-order valence-electron chi connectivity index (χ1n) is 9.39. The third-order valence-corrected chi connectivity index (χ3v) is 7.30. The maximum Gasteiger partial charge on any atom is 0.259 e. The lowest BCUT2D eigenvalue weighted by atomic mass is 10.2. The number of thioether (sulfide) groups is 1. The largest absolute Gasteiger partial charge is 0.323 e. The van der Waals surface area contributed by atoms with Gasteiger partial charge in [-0.1, -0.05) is 11.6 Å². The fraction of sp³-hybridized carbons (Fsp3) is 0.250. The number of aromatic amines is 1. The minimum atomic E-state index is -0.393. The number of halogens is 1. The highest BCUT2D eigenvalue weighted by molar-refractivity contribution is 7.99. The van der Waals surface area contributed by atoms with Gasteiger partial charge < -0.3 is 10.3 Å². The number of aryl methyl sites for hydroxylation is 2. The van der Waals surface area contributed by atoms with E-state index in [-0.39, 0.29) is 11.5 Å². The number of hydrogen-bond donors (Lipinski definition) is 2. The Morgan fingerprint density at radius 1 is 1.39 bits per heavy atom. The lowest BCUT2D eigenvalue weighted by molar-refractivity contribution is -0.115.